The Morgan fingerprint density at radius 1 is 1.20 bits per heavy atom. The van der Waals surface area contributed by atoms with Crippen LogP contribution in [0.15, 0.2) is 47.6 Å². The highest BCUT2D eigenvalue weighted by molar-refractivity contribution is 7.89. The number of primary sulfonamides is 1. The first-order valence-corrected chi connectivity index (χ1v) is 8.01. The number of nitrogens with zero attached hydrogens (tertiary/aromatic N) is 1. The molecule has 0 atom stereocenters. The maximum absolute atomic E-state index is 11.3. The Labute approximate surface area is 119 Å². The molecule has 2 rings (SSSR count). The van der Waals surface area contributed by atoms with E-state index in [4.69, 9.17) is 5.14 Å². The molecule has 6 heteroatoms. The van der Waals surface area contributed by atoms with E-state index in [2.05, 4.69) is 29.1 Å². The van der Waals surface area contributed by atoms with Crippen LogP contribution in [-0.4, -0.2) is 13.0 Å². The summed E-state index contributed by atoms with van der Waals surface area (Å²) in [6.45, 7) is 4.39. The van der Waals surface area contributed by atoms with E-state index in [-0.39, 0.29) is 4.90 Å². The predicted molar refractivity (Wildman–Crippen MR) is 78.5 cm³/mol. The van der Waals surface area contributed by atoms with Crippen LogP contribution < -0.4 is 10.5 Å². The Hall–Kier alpha value is -1.63. The fourth-order valence-electron chi connectivity index (χ4n) is 1.98. The Morgan fingerprint density at radius 3 is 2.60 bits per heavy atom. The van der Waals surface area contributed by atoms with Crippen molar-refractivity contribution in [1.82, 2.24) is 9.88 Å². The minimum absolute atomic E-state index is 0.147. The smallest absolute Gasteiger partial charge is 0.238 e. The van der Waals surface area contributed by atoms with E-state index in [9.17, 15) is 8.42 Å². The molecule has 0 aliphatic heterocycles. The highest BCUT2D eigenvalue weighted by Gasteiger charge is 2.07. The topological polar surface area (TPSA) is 77.1 Å². The third-order valence-corrected chi connectivity index (χ3v) is 3.97. The van der Waals surface area contributed by atoms with Gasteiger partial charge in [-0.25, -0.2) is 13.6 Å². The molecule has 0 spiro atoms. The molecule has 0 aliphatic rings. The lowest BCUT2D eigenvalue weighted by atomic mass is 10.2. The summed E-state index contributed by atoms with van der Waals surface area (Å²) in [5.74, 6) is 0. The zero-order chi connectivity index (χ0) is 14.6. The van der Waals surface area contributed by atoms with Gasteiger partial charge in [-0.2, -0.15) is 0 Å². The van der Waals surface area contributed by atoms with Gasteiger partial charge in [0.2, 0.25) is 10.0 Å². The number of nitrogens with one attached hydrogen (secondary N) is 1. The molecular weight excluding hydrogens is 274 g/mol. The van der Waals surface area contributed by atoms with E-state index in [1.165, 1.54) is 11.6 Å². The molecule has 1 aromatic carbocycles. The van der Waals surface area contributed by atoms with Crippen LogP contribution in [0.2, 0.25) is 0 Å². The van der Waals surface area contributed by atoms with Crippen LogP contribution in [0, 0.1) is 0 Å². The van der Waals surface area contributed by atoms with Crippen molar-refractivity contribution in [2.24, 2.45) is 5.14 Å². The zero-order valence-corrected chi connectivity index (χ0v) is 12.2. The number of rotatable bonds is 6. The number of aryl methyl sites for hydroxylation is 1. The molecular formula is C14H19N3O2S. The second-order valence-corrected chi connectivity index (χ2v) is 6.21. The first kappa shape index (κ1) is 14.8. The Morgan fingerprint density at radius 2 is 1.95 bits per heavy atom. The molecule has 0 amide bonds. The van der Waals surface area contributed by atoms with Crippen LogP contribution in [0.3, 0.4) is 0 Å². The lowest BCUT2D eigenvalue weighted by molar-refractivity contribution is 0.597. The standard InChI is InChI=1S/C14H19N3O2S/c1-2-17-7-6-13(11-17)10-16-9-12-4-3-5-14(8-12)20(15,18)19/h3-8,11,16H,2,9-10H2,1H3,(H2,15,18,19). The molecule has 0 aliphatic carbocycles. The summed E-state index contributed by atoms with van der Waals surface area (Å²) >= 11 is 0. The van der Waals surface area contributed by atoms with Crippen LogP contribution >= 0.6 is 0 Å². The van der Waals surface area contributed by atoms with Crippen LogP contribution in [0.5, 0.6) is 0 Å². The van der Waals surface area contributed by atoms with Gasteiger partial charge in [-0.05, 0) is 36.2 Å². The van der Waals surface area contributed by atoms with Crippen LogP contribution in [0.25, 0.3) is 0 Å². The highest BCUT2D eigenvalue weighted by atomic mass is 32.2. The van der Waals surface area contributed by atoms with E-state index < -0.39 is 10.0 Å². The predicted octanol–water partition coefficient (Wildman–Crippen LogP) is 1.45. The average Bonchev–Trinajstić information content (AvgIpc) is 2.86. The normalized spacial score (nSPS) is 11.7. The van der Waals surface area contributed by atoms with Gasteiger partial charge in [-0.15, -0.1) is 0 Å². The van der Waals surface area contributed by atoms with E-state index >= 15 is 0 Å². The summed E-state index contributed by atoms with van der Waals surface area (Å²) in [5, 5.41) is 8.40. The molecule has 0 saturated carbocycles. The number of hydrogen-bond acceptors (Lipinski definition) is 3. The molecule has 5 nitrogen and oxygen atoms in total. The van der Waals surface area contributed by atoms with E-state index in [1.54, 1.807) is 12.1 Å². The average molecular weight is 293 g/mol. The van der Waals surface area contributed by atoms with Gasteiger partial charge in [0.15, 0.2) is 0 Å². The molecule has 108 valence electrons. The maximum atomic E-state index is 11.3. The van der Waals surface area contributed by atoms with Gasteiger partial charge in [0.1, 0.15) is 0 Å². The number of benzene rings is 1. The van der Waals surface area contributed by atoms with Crippen LogP contribution in [-0.2, 0) is 29.7 Å². The first-order valence-electron chi connectivity index (χ1n) is 6.46. The number of sulfonamides is 1. The van der Waals surface area contributed by atoms with Crippen molar-refractivity contribution in [1.29, 1.82) is 0 Å². The molecule has 1 heterocycles. The van der Waals surface area contributed by atoms with Gasteiger partial charge in [0.25, 0.3) is 0 Å². The van der Waals surface area contributed by atoms with Crippen molar-refractivity contribution in [3.05, 3.63) is 53.9 Å². The van der Waals surface area contributed by atoms with Gasteiger partial charge < -0.3 is 9.88 Å². The zero-order valence-electron chi connectivity index (χ0n) is 11.4. The van der Waals surface area contributed by atoms with Crippen molar-refractivity contribution in [3.63, 3.8) is 0 Å². The monoisotopic (exact) mass is 293 g/mol. The summed E-state index contributed by atoms with van der Waals surface area (Å²) in [6.07, 6.45) is 4.13. The van der Waals surface area contributed by atoms with Crippen molar-refractivity contribution in [3.8, 4) is 0 Å². The first-order chi connectivity index (χ1) is 9.49. The van der Waals surface area contributed by atoms with Crippen molar-refractivity contribution >= 4 is 10.0 Å². The number of hydrogen-bond donors (Lipinski definition) is 2. The summed E-state index contributed by atoms with van der Waals surface area (Å²) < 4.78 is 24.7. The largest absolute Gasteiger partial charge is 0.354 e. The van der Waals surface area contributed by atoms with Crippen LogP contribution in [0.1, 0.15) is 18.1 Å². The fourth-order valence-corrected chi connectivity index (χ4v) is 2.56. The quantitative estimate of drug-likeness (QED) is 0.846. The lowest BCUT2D eigenvalue weighted by Gasteiger charge is -2.05. The Kier molecular flexibility index (Phi) is 4.59. The minimum Gasteiger partial charge on any atom is -0.354 e. The van der Waals surface area contributed by atoms with Crippen molar-refractivity contribution in [2.45, 2.75) is 31.5 Å². The number of nitrogens with two attached hydrogens (primary N) is 1. The second-order valence-electron chi connectivity index (χ2n) is 4.65. The SMILES string of the molecule is CCn1ccc(CNCc2cccc(S(N)(=O)=O)c2)c1. The highest BCUT2D eigenvalue weighted by Crippen LogP contribution is 2.10. The van der Waals surface area contributed by atoms with Gasteiger partial charge in [0, 0.05) is 32.0 Å². The Balaban J connectivity index is 1.94. The summed E-state index contributed by atoms with van der Waals surface area (Å²) in [6, 6.07) is 8.74. The third-order valence-electron chi connectivity index (χ3n) is 3.06. The molecule has 0 radical (unpaired) electrons. The van der Waals surface area contributed by atoms with Gasteiger partial charge in [-0.1, -0.05) is 12.1 Å². The molecule has 20 heavy (non-hydrogen) atoms. The van der Waals surface area contributed by atoms with E-state index in [0.29, 0.717) is 6.54 Å². The van der Waals surface area contributed by atoms with Gasteiger partial charge >= 0.3 is 0 Å². The second kappa shape index (κ2) is 6.21. The minimum atomic E-state index is -3.63. The molecule has 1 aromatic heterocycles. The number of aromatic nitrogens is 1. The molecule has 3 N–H and O–H groups in total. The molecule has 0 fully saturated rings. The van der Waals surface area contributed by atoms with Gasteiger partial charge in [0.05, 0.1) is 4.90 Å². The van der Waals surface area contributed by atoms with Crippen molar-refractivity contribution < 1.29 is 8.42 Å². The fraction of sp³-hybridized carbons (Fsp3) is 0.286. The Bertz CT molecular complexity index is 677. The van der Waals surface area contributed by atoms with Crippen LogP contribution in [0.4, 0.5) is 0 Å². The summed E-state index contributed by atoms with van der Waals surface area (Å²) in [4.78, 5) is 0.147. The molecule has 0 saturated heterocycles. The summed E-state index contributed by atoms with van der Waals surface area (Å²) in [7, 11) is -3.63. The van der Waals surface area contributed by atoms with E-state index in [1.807, 2.05) is 12.3 Å². The van der Waals surface area contributed by atoms with E-state index in [0.717, 1.165) is 18.7 Å². The maximum Gasteiger partial charge on any atom is 0.238 e. The summed E-state index contributed by atoms with van der Waals surface area (Å²) in [5.41, 5.74) is 2.10. The lowest BCUT2D eigenvalue weighted by Crippen LogP contribution is -2.15. The molecule has 0 bridgehead atoms. The third kappa shape index (κ3) is 3.93. The molecule has 0 unspecified atom stereocenters. The molecule has 2 aromatic rings. The van der Waals surface area contributed by atoms with Gasteiger partial charge in [-0.3, -0.25) is 0 Å². The van der Waals surface area contributed by atoms with Crippen molar-refractivity contribution in [2.75, 3.05) is 0 Å².